The van der Waals surface area contributed by atoms with Crippen molar-refractivity contribution >= 4 is 17.7 Å². The Kier molecular flexibility index (Phi) is 5.85. The number of nitrogen functional groups attached to an aromatic ring is 1. The molecular weight excluding hydrogens is 334 g/mol. The van der Waals surface area contributed by atoms with Crippen LogP contribution in [-0.2, 0) is 11.3 Å². The zero-order valence-corrected chi connectivity index (χ0v) is 14.7. The largest absolute Gasteiger partial charge is 0.489 e. The maximum atomic E-state index is 12.5. The summed E-state index contributed by atoms with van der Waals surface area (Å²) in [5.74, 6) is 0.832. The molecule has 1 aromatic heterocycles. The number of hydrogen-bond donors (Lipinski definition) is 2. The fraction of sp³-hybridized carbons (Fsp3) is 0.389. The zero-order valence-electron chi connectivity index (χ0n) is 14.7. The highest BCUT2D eigenvalue weighted by Crippen LogP contribution is 2.25. The van der Waals surface area contributed by atoms with Crippen LogP contribution in [0.4, 0.5) is 16.4 Å². The molecule has 2 heterocycles. The molecule has 1 unspecified atom stereocenters. The predicted molar refractivity (Wildman–Crippen MR) is 97.8 cm³/mol. The van der Waals surface area contributed by atoms with Gasteiger partial charge in [0, 0.05) is 31.6 Å². The molecule has 2 aromatic rings. The van der Waals surface area contributed by atoms with Crippen LogP contribution in [0.3, 0.4) is 0 Å². The summed E-state index contributed by atoms with van der Waals surface area (Å²) in [4.78, 5) is 21.9. The minimum absolute atomic E-state index is 0.118. The summed E-state index contributed by atoms with van der Waals surface area (Å²) in [6.07, 6.45) is 5.38. The molecule has 2 amide bonds. The fourth-order valence-corrected chi connectivity index (χ4v) is 2.66. The van der Waals surface area contributed by atoms with Crippen molar-refractivity contribution in [2.24, 2.45) is 0 Å². The number of nitrogens with one attached hydrogen (secondary N) is 1. The van der Waals surface area contributed by atoms with E-state index in [0.717, 1.165) is 25.0 Å². The number of urea groups is 1. The average molecular weight is 357 g/mol. The van der Waals surface area contributed by atoms with E-state index in [9.17, 15) is 4.79 Å². The van der Waals surface area contributed by atoms with Crippen LogP contribution in [0.15, 0.2) is 36.7 Å². The van der Waals surface area contributed by atoms with Gasteiger partial charge in [0.05, 0.1) is 18.3 Å². The summed E-state index contributed by atoms with van der Waals surface area (Å²) in [6, 6.07) is 7.11. The molecule has 1 fully saturated rings. The van der Waals surface area contributed by atoms with Gasteiger partial charge in [-0.1, -0.05) is 12.1 Å². The number of nitrogens with zero attached hydrogens (tertiary/aromatic N) is 3. The number of anilines is 2. The Morgan fingerprint density at radius 3 is 2.88 bits per heavy atom. The van der Waals surface area contributed by atoms with E-state index in [4.69, 9.17) is 15.2 Å². The number of aromatic nitrogens is 2. The van der Waals surface area contributed by atoms with Crippen molar-refractivity contribution < 1.29 is 14.3 Å². The van der Waals surface area contributed by atoms with Crippen molar-refractivity contribution in [1.82, 2.24) is 14.9 Å². The van der Waals surface area contributed by atoms with E-state index in [2.05, 4.69) is 15.3 Å². The monoisotopic (exact) mass is 357 g/mol. The van der Waals surface area contributed by atoms with Crippen LogP contribution in [0.25, 0.3) is 0 Å². The summed E-state index contributed by atoms with van der Waals surface area (Å²) in [5, 5.41) is 2.87. The summed E-state index contributed by atoms with van der Waals surface area (Å²) in [6.45, 7) is 1.63. The molecule has 8 nitrogen and oxygen atoms in total. The molecule has 138 valence electrons. The lowest BCUT2D eigenvalue weighted by Crippen LogP contribution is -2.31. The Labute approximate surface area is 152 Å². The third-order valence-electron chi connectivity index (χ3n) is 4.07. The lowest BCUT2D eigenvalue weighted by Gasteiger charge is -2.20. The van der Waals surface area contributed by atoms with Gasteiger partial charge >= 0.3 is 6.03 Å². The molecule has 3 rings (SSSR count). The van der Waals surface area contributed by atoms with Gasteiger partial charge in [0.1, 0.15) is 12.4 Å². The fourth-order valence-electron chi connectivity index (χ4n) is 2.66. The van der Waals surface area contributed by atoms with Crippen LogP contribution in [-0.4, -0.2) is 47.3 Å². The summed E-state index contributed by atoms with van der Waals surface area (Å²) >= 11 is 0. The molecule has 0 spiro atoms. The number of carbonyl (C=O) groups is 1. The highest BCUT2D eigenvalue weighted by Gasteiger charge is 2.17. The molecule has 0 saturated carbocycles. The van der Waals surface area contributed by atoms with Crippen molar-refractivity contribution in [3.63, 3.8) is 0 Å². The Balaban J connectivity index is 1.58. The number of benzene rings is 1. The minimum Gasteiger partial charge on any atom is -0.489 e. The van der Waals surface area contributed by atoms with Crippen LogP contribution in [0.5, 0.6) is 5.75 Å². The number of carbonyl (C=O) groups excluding carboxylic acids is 1. The molecule has 1 aliphatic rings. The molecular formula is C18H23N5O3. The topological polar surface area (TPSA) is 103 Å². The standard InChI is InChI=1S/C18H23N5O3/c1-23(11-13-9-20-17(19)21-10-13)18(24)22-15-6-2-3-7-16(15)26-12-14-5-4-8-25-14/h2-3,6-7,9-10,14H,4-5,8,11-12H2,1H3,(H,22,24)(H2,19,20,21). The third-order valence-corrected chi connectivity index (χ3v) is 4.07. The van der Waals surface area contributed by atoms with Crippen LogP contribution in [0.1, 0.15) is 18.4 Å². The van der Waals surface area contributed by atoms with Gasteiger partial charge in [-0.2, -0.15) is 0 Å². The van der Waals surface area contributed by atoms with Gasteiger partial charge in [0.2, 0.25) is 5.95 Å². The first-order chi connectivity index (χ1) is 12.6. The van der Waals surface area contributed by atoms with Gasteiger partial charge in [0.15, 0.2) is 0 Å². The number of para-hydroxylation sites is 2. The third kappa shape index (κ3) is 4.82. The Hall–Kier alpha value is -2.87. The number of amides is 2. The molecule has 1 aliphatic heterocycles. The molecule has 1 aromatic carbocycles. The predicted octanol–water partition coefficient (Wildman–Crippen LogP) is 2.28. The minimum atomic E-state index is -0.255. The second kappa shape index (κ2) is 8.48. The smallest absolute Gasteiger partial charge is 0.321 e. The lowest BCUT2D eigenvalue weighted by atomic mass is 10.2. The van der Waals surface area contributed by atoms with E-state index in [0.29, 0.717) is 24.6 Å². The SMILES string of the molecule is CN(Cc1cnc(N)nc1)C(=O)Nc1ccccc1OCC1CCCO1. The van der Waals surface area contributed by atoms with Crippen LogP contribution in [0, 0.1) is 0 Å². The lowest BCUT2D eigenvalue weighted by molar-refractivity contribution is 0.0682. The molecule has 3 N–H and O–H groups in total. The van der Waals surface area contributed by atoms with Gasteiger partial charge in [-0.3, -0.25) is 0 Å². The maximum absolute atomic E-state index is 12.5. The Morgan fingerprint density at radius 1 is 1.38 bits per heavy atom. The quantitative estimate of drug-likeness (QED) is 0.822. The van der Waals surface area contributed by atoms with E-state index in [1.54, 1.807) is 19.4 Å². The van der Waals surface area contributed by atoms with Gasteiger partial charge < -0.3 is 25.4 Å². The second-order valence-corrected chi connectivity index (χ2v) is 6.18. The van der Waals surface area contributed by atoms with Crippen molar-refractivity contribution in [2.75, 3.05) is 31.3 Å². The molecule has 1 saturated heterocycles. The van der Waals surface area contributed by atoms with Crippen LogP contribution in [0.2, 0.25) is 0 Å². The average Bonchev–Trinajstić information content (AvgIpc) is 3.16. The summed E-state index contributed by atoms with van der Waals surface area (Å²) in [7, 11) is 1.70. The number of rotatable bonds is 6. The van der Waals surface area contributed by atoms with Crippen molar-refractivity contribution in [1.29, 1.82) is 0 Å². The van der Waals surface area contributed by atoms with Gasteiger partial charge in [-0.05, 0) is 25.0 Å². The van der Waals surface area contributed by atoms with Crippen LogP contribution >= 0.6 is 0 Å². The molecule has 0 radical (unpaired) electrons. The summed E-state index contributed by atoms with van der Waals surface area (Å²) in [5.41, 5.74) is 6.88. The first-order valence-corrected chi connectivity index (χ1v) is 8.54. The van der Waals surface area contributed by atoms with E-state index < -0.39 is 0 Å². The Bertz CT molecular complexity index is 732. The first kappa shape index (κ1) is 17.9. The normalized spacial score (nSPS) is 16.3. The zero-order chi connectivity index (χ0) is 18.4. The van der Waals surface area contributed by atoms with Crippen molar-refractivity contribution in [3.8, 4) is 5.75 Å². The Morgan fingerprint density at radius 2 is 2.15 bits per heavy atom. The molecule has 26 heavy (non-hydrogen) atoms. The first-order valence-electron chi connectivity index (χ1n) is 8.54. The van der Waals surface area contributed by atoms with Crippen molar-refractivity contribution in [2.45, 2.75) is 25.5 Å². The highest BCUT2D eigenvalue weighted by atomic mass is 16.5. The van der Waals surface area contributed by atoms with E-state index >= 15 is 0 Å². The number of ether oxygens (including phenoxy) is 2. The molecule has 0 bridgehead atoms. The summed E-state index contributed by atoms with van der Waals surface area (Å²) < 4.78 is 11.4. The molecule has 1 atom stereocenters. The highest BCUT2D eigenvalue weighted by molar-refractivity contribution is 5.90. The number of hydrogen-bond acceptors (Lipinski definition) is 6. The maximum Gasteiger partial charge on any atom is 0.321 e. The molecule has 0 aliphatic carbocycles. The van der Waals surface area contributed by atoms with E-state index in [1.807, 2.05) is 24.3 Å². The van der Waals surface area contributed by atoms with Crippen molar-refractivity contribution in [3.05, 3.63) is 42.2 Å². The van der Waals surface area contributed by atoms with Gasteiger partial charge in [-0.25, -0.2) is 14.8 Å². The number of nitrogens with two attached hydrogens (primary N) is 1. The van der Waals surface area contributed by atoms with Gasteiger partial charge in [0.25, 0.3) is 0 Å². The van der Waals surface area contributed by atoms with E-state index in [-0.39, 0.29) is 18.1 Å². The van der Waals surface area contributed by atoms with Crippen LogP contribution < -0.4 is 15.8 Å². The second-order valence-electron chi connectivity index (χ2n) is 6.18. The molecule has 8 heteroatoms. The van der Waals surface area contributed by atoms with E-state index in [1.165, 1.54) is 4.90 Å². The van der Waals surface area contributed by atoms with Gasteiger partial charge in [-0.15, -0.1) is 0 Å².